The molecule has 0 spiro atoms. The summed E-state index contributed by atoms with van der Waals surface area (Å²) in [4.78, 5) is 4.65. The molecule has 0 saturated heterocycles. The van der Waals surface area contributed by atoms with Crippen molar-refractivity contribution in [2.75, 3.05) is 0 Å². The molecule has 1 heterocycles. The number of benzene rings is 2. The van der Waals surface area contributed by atoms with Gasteiger partial charge in [0.2, 0.25) is 0 Å². The quantitative estimate of drug-likeness (QED) is 0.504. The molecular weight excluding hydrogens is 296 g/mol. The van der Waals surface area contributed by atoms with Crippen molar-refractivity contribution in [1.29, 1.82) is 0 Å². The summed E-state index contributed by atoms with van der Waals surface area (Å²) >= 11 is 2.38. The Bertz CT molecular complexity index is 587. The molecule has 0 aliphatic heterocycles. The van der Waals surface area contributed by atoms with Crippen molar-refractivity contribution in [3.8, 4) is 22.5 Å². The van der Waals surface area contributed by atoms with Crippen LogP contribution in [0.5, 0.6) is 0 Å². The van der Waals surface area contributed by atoms with E-state index in [-0.39, 0.29) is 0 Å². The summed E-state index contributed by atoms with van der Waals surface area (Å²) in [5, 5.41) is 0. The molecule has 0 aliphatic rings. The first-order valence-electron chi connectivity index (χ1n) is 5.97. The molecule has 103 valence electrons. The first kappa shape index (κ1) is 14.4. The summed E-state index contributed by atoms with van der Waals surface area (Å²) in [6.07, 6.45) is 0. The normalized spacial score (nSPS) is 9.55. The van der Waals surface area contributed by atoms with Gasteiger partial charge in [0.25, 0.3) is 0 Å². The number of nitrogens with zero attached hydrogens (tertiary/aromatic N) is 1. The van der Waals surface area contributed by atoms with E-state index in [9.17, 15) is 0 Å². The largest absolute Gasteiger partial charge is 0.345 e. The van der Waals surface area contributed by atoms with Gasteiger partial charge in [0.1, 0.15) is 0 Å². The summed E-state index contributed by atoms with van der Waals surface area (Å²) < 4.78 is 9.12. The van der Waals surface area contributed by atoms with Crippen LogP contribution < -0.4 is 0 Å². The van der Waals surface area contributed by atoms with Crippen molar-refractivity contribution in [2.45, 2.75) is 0 Å². The summed E-state index contributed by atoms with van der Waals surface area (Å²) in [5.74, 6) is 0. The van der Waals surface area contributed by atoms with Crippen LogP contribution in [0.3, 0.4) is 0 Å². The van der Waals surface area contributed by atoms with E-state index in [0.29, 0.717) is 0 Å². The Labute approximate surface area is 126 Å². The number of rotatable bonds is 2. The molecule has 0 aliphatic carbocycles. The third-order valence-corrected chi connectivity index (χ3v) is 2.72. The van der Waals surface area contributed by atoms with Gasteiger partial charge >= 0.3 is 19.5 Å². The van der Waals surface area contributed by atoms with E-state index < -0.39 is 0 Å². The third-order valence-electron chi connectivity index (χ3n) is 2.72. The van der Waals surface area contributed by atoms with Gasteiger partial charge in [0.05, 0.1) is 0 Å². The zero-order valence-corrected chi connectivity index (χ0v) is 11.5. The molecule has 2 aromatic carbocycles. The fourth-order valence-electron chi connectivity index (χ4n) is 1.84. The minimum absolute atomic E-state index is 0.936. The molecule has 1 nitrogen and oxygen atoms in total. The van der Waals surface area contributed by atoms with Gasteiger partial charge in [-0.15, -0.1) is 71.8 Å². The first-order valence-corrected chi connectivity index (χ1v) is 6.34. The fraction of sp³-hybridized carbons (Fsp3) is 0. The summed E-state index contributed by atoms with van der Waals surface area (Å²) in [7, 11) is 0. The van der Waals surface area contributed by atoms with E-state index in [1.54, 1.807) is 0 Å². The van der Waals surface area contributed by atoms with Crippen molar-refractivity contribution in [2.24, 2.45) is 0 Å². The Hall–Kier alpha value is -1.99. The van der Waals surface area contributed by atoms with Crippen molar-refractivity contribution >= 4 is 0 Å². The Kier molecular flexibility index (Phi) is 5.46. The van der Waals surface area contributed by atoms with Crippen molar-refractivity contribution in [3.63, 3.8) is 0 Å². The predicted molar refractivity (Wildman–Crippen MR) is 73.9 cm³/mol. The van der Waals surface area contributed by atoms with Gasteiger partial charge in [-0.3, -0.25) is 0 Å². The van der Waals surface area contributed by atoms with Crippen LogP contribution in [0.2, 0.25) is 0 Å². The van der Waals surface area contributed by atoms with Crippen molar-refractivity contribution < 1.29 is 19.5 Å². The number of hydrogen-bond donors (Lipinski definition) is 0. The van der Waals surface area contributed by atoms with Gasteiger partial charge in [0, 0.05) is 0 Å². The molecule has 20 heavy (non-hydrogen) atoms. The maximum absolute atomic E-state index is 9.12. The summed E-state index contributed by atoms with van der Waals surface area (Å²) in [6.45, 7) is 0. The number of aromatic nitrogens is 1. The van der Waals surface area contributed by atoms with Crippen LogP contribution >= 0.6 is 0 Å². The van der Waals surface area contributed by atoms with E-state index in [2.05, 4.69) is 33.0 Å². The molecule has 3 heteroatoms. The summed E-state index contributed by atoms with van der Waals surface area (Å²) in [5.41, 5.74) is 3.89. The molecule has 0 saturated carbocycles. The van der Waals surface area contributed by atoms with Crippen LogP contribution in [-0.2, 0) is 15.9 Å². The molecule has 0 radical (unpaired) electrons. The van der Waals surface area contributed by atoms with Crippen LogP contribution in [0, 0.1) is 12.1 Å². The van der Waals surface area contributed by atoms with E-state index in [1.807, 2.05) is 66.7 Å². The molecule has 0 amide bonds. The molecule has 0 unspecified atom stereocenters. The van der Waals surface area contributed by atoms with Crippen molar-refractivity contribution in [1.82, 2.24) is 4.98 Å². The minimum atomic E-state index is 0.936. The van der Waals surface area contributed by atoms with Crippen molar-refractivity contribution in [3.05, 3.63) is 78.9 Å². The molecule has 0 fully saturated rings. The Morgan fingerprint density at radius 3 is 1.60 bits per heavy atom. The van der Waals surface area contributed by atoms with E-state index >= 15 is 0 Å². The molecular formula is C17H11FNNi-2. The summed E-state index contributed by atoms with van der Waals surface area (Å²) in [6, 6.07) is 28.1. The second-order valence-corrected chi connectivity index (χ2v) is 3.96. The average molecular weight is 307 g/mol. The van der Waals surface area contributed by atoms with Gasteiger partial charge in [-0.05, 0) is 11.4 Å². The second-order valence-electron chi connectivity index (χ2n) is 3.96. The fourth-order valence-corrected chi connectivity index (χ4v) is 1.84. The van der Waals surface area contributed by atoms with E-state index in [4.69, 9.17) is 3.61 Å². The monoisotopic (exact) mass is 306 g/mol. The average Bonchev–Trinajstić information content (AvgIpc) is 2.58. The molecule has 0 bridgehead atoms. The standard InChI is InChI=1S/C17H11N.FH.Ni/c1-3-8-14(9-4-1)16-12-7-13-17(18-16)15-10-5-2-6-11-15;;/h1-8,10,12-13H;1H;/q-2;;+1/p-1. The molecule has 0 atom stereocenters. The van der Waals surface area contributed by atoms with Gasteiger partial charge in [-0.1, -0.05) is 18.2 Å². The minimum Gasteiger partial charge on any atom is -0.345 e. The van der Waals surface area contributed by atoms with Crippen LogP contribution in [0.15, 0.2) is 66.7 Å². The SMILES string of the molecule is [F][Ni].[c-]1ccccc1-c1cccc(-c2[c-]cccc2)n1. The van der Waals surface area contributed by atoms with Crippen LogP contribution in [0.4, 0.5) is 3.61 Å². The van der Waals surface area contributed by atoms with Crippen LogP contribution in [0.25, 0.3) is 22.5 Å². The molecule has 0 N–H and O–H groups in total. The smallest absolute Gasteiger partial charge is 0.0227 e. The topological polar surface area (TPSA) is 12.9 Å². The van der Waals surface area contributed by atoms with Gasteiger partial charge in [-0.25, -0.2) is 0 Å². The number of pyridine rings is 1. The Morgan fingerprint density at radius 1 is 0.700 bits per heavy atom. The Balaban J connectivity index is 0.000000704. The molecule has 3 rings (SSSR count). The third kappa shape index (κ3) is 3.52. The maximum atomic E-state index is 9.12. The van der Waals surface area contributed by atoms with E-state index in [0.717, 1.165) is 22.5 Å². The predicted octanol–water partition coefficient (Wildman–Crippen LogP) is 4.43. The Morgan fingerprint density at radius 2 is 1.20 bits per heavy atom. The number of hydrogen-bond acceptors (Lipinski definition) is 1. The van der Waals surface area contributed by atoms with Gasteiger partial charge in [0.15, 0.2) is 0 Å². The van der Waals surface area contributed by atoms with Crippen LogP contribution in [0.1, 0.15) is 0 Å². The van der Waals surface area contributed by atoms with Gasteiger partial charge in [-0.2, -0.15) is 0 Å². The van der Waals surface area contributed by atoms with Crippen LogP contribution in [-0.4, -0.2) is 4.98 Å². The number of halogens is 1. The van der Waals surface area contributed by atoms with Gasteiger partial charge < -0.3 is 4.98 Å². The zero-order chi connectivity index (χ0) is 14.2. The molecule has 3 aromatic rings. The van der Waals surface area contributed by atoms with E-state index in [1.165, 1.54) is 0 Å². The second kappa shape index (κ2) is 7.57. The zero-order valence-electron chi connectivity index (χ0n) is 10.5. The molecule has 1 aromatic heterocycles. The maximum Gasteiger partial charge on any atom is -0.0227 e. The first-order chi connectivity index (χ1) is 9.93.